The molecule has 1 atom stereocenters. The van der Waals surface area contributed by atoms with Crippen LogP contribution in [-0.4, -0.2) is 37.2 Å². The van der Waals surface area contributed by atoms with Gasteiger partial charge in [0.2, 0.25) is 0 Å². The molecule has 0 aromatic carbocycles. The van der Waals surface area contributed by atoms with Crippen molar-refractivity contribution in [2.45, 2.75) is 33.8 Å². The van der Waals surface area contributed by atoms with Crippen LogP contribution in [0.25, 0.3) is 0 Å². The monoisotopic (exact) mass is 159 g/mol. The van der Waals surface area contributed by atoms with Crippen LogP contribution in [0.3, 0.4) is 0 Å². The van der Waals surface area contributed by atoms with E-state index in [1.807, 2.05) is 6.92 Å². The summed E-state index contributed by atoms with van der Waals surface area (Å²) in [7, 11) is 0. The van der Waals surface area contributed by atoms with Crippen molar-refractivity contribution in [2.75, 3.05) is 26.2 Å². The number of nitrogens with zero attached hydrogens (tertiary/aromatic N) is 1. The van der Waals surface area contributed by atoms with Crippen molar-refractivity contribution in [3.63, 3.8) is 0 Å². The van der Waals surface area contributed by atoms with Gasteiger partial charge in [-0.2, -0.15) is 0 Å². The van der Waals surface area contributed by atoms with Crippen LogP contribution in [-0.2, 0) is 4.74 Å². The predicted molar refractivity (Wildman–Crippen MR) is 48.9 cm³/mol. The van der Waals surface area contributed by atoms with Gasteiger partial charge < -0.3 is 9.64 Å². The van der Waals surface area contributed by atoms with Crippen molar-refractivity contribution in [3.05, 3.63) is 0 Å². The fourth-order valence-corrected chi connectivity index (χ4v) is 1.18. The van der Waals surface area contributed by atoms with Gasteiger partial charge in [0, 0.05) is 13.2 Å². The van der Waals surface area contributed by atoms with Gasteiger partial charge in [-0.15, -0.1) is 0 Å². The Kier molecular flexibility index (Phi) is 6.57. The second-order valence-electron chi connectivity index (χ2n) is 2.75. The van der Waals surface area contributed by atoms with Gasteiger partial charge in [0.05, 0.1) is 6.10 Å². The number of rotatable bonds is 6. The van der Waals surface area contributed by atoms with Gasteiger partial charge >= 0.3 is 0 Å². The first-order valence-electron chi connectivity index (χ1n) is 4.58. The largest absolute Gasteiger partial charge is 0.377 e. The summed E-state index contributed by atoms with van der Waals surface area (Å²) in [5.74, 6) is 0. The Balaban J connectivity index is 3.44. The smallest absolute Gasteiger partial charge is 0.0673 e. The zero-order valence-corrected chi connectivity index (χ0v) is 8.26. The third kappa shape index (κ3) is 5.22. The van der Waals surface area contributed by atoms with Crippen LogP contribution in [0.1, 0.15) is 27.7 Å². The zero-order valence-electron chi connectivity index (χ0n) is 8.26. The predicted octanol–water partition coefficient (Wildman–Crippen LogP) is 1.75. The van der Waals surface area contributed by atoms with E-state index in [2.05, 4.69) is 25.7 Å². The molecule has 0 aliphatic heterocycles. The summed E-state index contributed by atoms with van der Waals surface area (Å²) in [4.78, 5) is 2.38. The average molecular weight is 159 g/mol. The lowest BCUT2D eigenvalue weighted by atomic mass is 10.3. The Morgan fingerprint density at radius 1 is 1.18 bits per heavy atom. The minimum absolute atomic E-state index is 0.375. The molecule has 68 valence electrons. The standard InChI is InChI=1S/C9H21NO/c1-5-10(6-2)8-9(4)11-7-3/h9H,5-8H2,1-4H3. The SMILES string of the molecule is CCOC(C)CN(CC)CC. The fourth-order valence-electron chi connectivity index (χ4n) is 1.18. The number of hydrogen-bond donors (Lipinski definition) is 0. The van der Waals surface area contributed by atoms with Gasteiger partial charge in [-0.3, -0.25) is 0 Å². The lowest BCUT2D eigenvalue weighted by Gasteiger charge is -2.22. The average Bonchev–Trinajstić information content (AvgIpc) is 2.01. The molecule has 0 fully saturated rings. The summed E-state index contributed by atoms with van der Waals surface area (Å²) in [6, 6.07) is 0. The van der Waals surface area contributed by atoms with E-state index < -0.39 is 0 Å². The van der Waals surface area contributed by atoms with E-state index in [9.17, 15) is 0 Å². The molecule has 0 saturated heterocycles. The van der Waals surface area contributed by atoms with Crippen LogP contribution < -0.4 is 0 Å². The van der Waals surface area contributed by atoms with Crippen molar-refractivity contribution >= 4 is 0 Å². The highest BCUT2D eigenvalue weighted by Gasteiger charge is 2.05. The van der Waals surface area contributed by atoms with Crippen molar-refractivity contribution in [2.24, 2.45) is 0 Å². The molecular formula is C9H21NO. The van der Waals surface area contributed by atoms with E-state index in [1.165, 1.54) is 0 Å². The zero-order chi connectivity index (χ0) is 8.69. The molecule has 1 unspecified atom stereocenters. The first kappa shape index (κ1) is 10.9. The maximum absolute atomic E-state index is 5.43. The molecule has 0 saturated carbocycles. The molecule has 0 aromatic rings. The molecule has 0 aliphatic rings. The summed E-state index contributed by atoms with van der Waals surface area (Å²) in [6.45, 7) is 12.6. The maximum Gasteiger partial charge on any atom is 0.0673 e. The molecule has 0 amide bonds. The van der Waals surface area contributed by atoms with Crippen molar-refractivity contribution in [1.82, 2.24) is 4.90 Å². The minimum atomic E-state index is 0.375. The molecule has 0 N–H and O–H groups in total. The molecule has 0 spiro atoms. The molecule has 0 aliphatic carbocycles. The highest BCUT2D eigenvalue weighted by atomic mass is 16.5. The van der Waals surface area contributed by atoms with E-state index in [0.717, 1.165) is 26.2 Å². The maximum atomic E-state index is 5.43. The highest BCUT2D eigenvalue weighted by molar-refractivity contribution is 4.58. The van der Waals surface area contributed by atoms with Gasteiger partial charge in [-0.25, -0.2) is 0 Å². The molecule has 2 nitrogen and oxygen atoms in total. The first-order chi connectivity index (χ1) is 5.24. The molecule has 0 aromatic heterocycles. The lowest BCUT2D eigenvalue weighted by molar-refractivity contribution is 0.0482. The third-order valence-corrected chi connectivity index (χ3v) is 1.86. The Labute approximate surface area is 70.5 Å². The molecular weight excluding hydrogens is 138 g/mol. The van der Waals surface area contributed by atoms with Crippen LogP contribution in [0.15, 0.2) is 0 Å². The van der Waals surface area contributed by atoms with Gasteiger partial charge in [0.15, 0.2) is 0 Å². The fraction of sp³-hybridized carbons (Fsp3) is 1.00. The van der Waals surface area contributed by atoms with E-state index in [4.69, 9.17) is 4.74 Å². The lowest BCUT2D eigenvalue weighted by Crippen LogP contribution is -2.32. The first-order valence-corrected chi connectivity index (χ1v) is 4.58. The van der Waals surface area contributed by atoms with Crippen LogP contribution in [0.4, 0.5) is 0 Å². The molecule has 0 rings (SSSR count). The highest BCUT2D eigenvalue weighted by Crippen LogP contribution is 1.95. The number of likely N-dealkylation sites (N-methyl/N-ethyl adjacent to an activating group) is 1. The topological polar surface area (TPSA) is 12.5 Å². The van der Waals surface area contributed by atoms with Gasteiger partial charge in [-0.1, -0.05) is 13.8 Å². The summed E-state index contributed by atoms with van der Waals surface area (Å²) >= 11 is 0. The molecule has 0 radical (unpaired) electrons. The van der Waals surface area contributed by atoms with E-state index >= 15 is 0 Å². The quantitative estimate of drug-likeness (QED) is 0.585. The van der Waals surface area contributed by atoms with Gasteiger partial charge in [0.25, 0.3) is 0 Å². The van der Waals surface area contributed by atoms with Crippen molar-refractivity contribution in [1.29, 1.82) is 0 Å². The van der Waals surface area contributed by atoms with Crippen LogP contribution in [0.2, 0.25) is 0 Å². The van der Waals surface area contributed by atoms with Crippen LogP contribution >= 0.6 is 0 Å². The number of ether oxygens (including phenoxy) is 1. The van der Waals surface area contributed by atoms with Gasteiger partial charge in [0.1, 0.15) is 0 Å². The summed E-state index contributed by atoms with van der Waals surface area (Å²) < 4.78 is 5.43. The number of hydrogen-bond acceptors (Lipinski definition) is 2. The van der Waals surface area contributed by atoms with E-state index in [-0.39, 0.29) is 0 Å². The summed E-state index contributed by atoms with van der Waals surface area (Å²) in [6.07, 6.45) is 0.375. The minimum Gasteiger partial charge on any atom is -0.377 e. The Bertz CT molecular complexity index is 81.6. The second kappa shape index (κ2) is 6.62. The second-order valence-corrected chi connectivity index (χ2v) is 2.75. The van der Waals surface area contributed by atoms with E-state index in [0.29, 0.717) is 6.10 Å². The van der Waals surface area contributed by atoms with Crippen LogP contribution in [0.5, 0.6) is 0 Å². The Morgan fingerprint density at radius 2 is 1.73 bits per heavy atom. The van der Waals surface area contributed by atoms with Gasteiger partial charge in [-0.05, 0) is 26.9 Å². The Hall–Kier alpha value is -0.0800. The molecule has 0 heterocycles. The van der Waals surface area contributed by atoms with Crippen molar-refractivity contribution in [3.8, 4) is 0 Å². The van der Waals surface area contributed by atoms with E-state index in [1.54, 1.807) is 0 Å². The summed E-state index contributed by atoms with van der Waals surface area (Å²) in [5.41, 5.74) is 0. The Morgan fingerprint density at radius 3 is 2.09 bits per heavy atom. The van der Waals surface area contributed by atoms with Crippen molar-refractivity contribution < 1.29 is 4.74 Å². The molecule has 0 bridgehead atoms. The van der Waals surface area contributed by atoms with Crippen LogP contribution in [0, 0.1) is 0 Å². The normalized spacial score (nSPS) is 13.9. The third-order valence-electron chi connectivity index (χ3n) is 1.86. The summed E-state index contributed by atoms with van der Waals surface area (Å²) in [5, 5.41) is 0. The molecule has 11 heavy (non-hydrogen) atoms. The molecule has 2 heteroatoms.